The Morgan fingerprint density at radius 2 is 0.925 bits per heavy atom. The Kier molecular flexibility index (Phi) is 4.85. The van der Waals surface area contributed by atoms with Gasteiger partial charge in [-0.2, -0.15) is 5.26 Å². The topological polar surface area (TPSA) is 46.5 Å². The van der Waals surface area contributed by atoms with Gasteiger partial charge in [0.05, 0.1) is 45.6 Å². The quantitative estimate of drug-likeness (QED) is 0.238. The molecule has 40 heavy (non-hydrogen) atoms. The highest BCUT2D eigenvalue weighted by molar-refractivity contribution is 6.10. The van der Waals surface area contributed by atoms with Gasteiger partial charge in [-0.25, -0.2) is 0 Å². The van der Waals surface area contributed by atoms with Crippen molar-refractivity contribution in [2.75, 3.05) is 0 Å². The fourth-order valence-corrected chi connectivity index (χ4v) is 6.08. The number of pyridine rings is 1. The van der Waals surface area contributed by atoms with Gasteiger partial charge in [0.2, 0.25) is 0 Å². The fraction of sp³-hybridized carbons (Fsp3) is 0. The van der Waals surface area contributed by atoms with Gasteiger partial charge in [0.1, 0.15) is 0 Å². The molecule has 5 aromatic carbocycles. The maximum atomic E-state index is 10.0. The molecule has 0 unspecified atom stereocenters. The van der Waals surface area contributed by atoms with Gasteiger partial charge in [-0.15, -0.1) is 0 Å². The van der Waals surface area contributed by atoms with E-state index in [0.717, 1.165) is 44.6 Å². The lowest BCUT2D eigenvalue weighted by molar-refractivity contribution is 1.14. The zero-order valence-electron chi connectivity index (χ0n) is 21.5. The Hall–Kier alpha value is -5.66. The number of benzene rings is 5. The highest BCUT2D eigenvalue weighted by atomic mass is 15.0. The molecule has 0 N–H and O–H groups in total. The van der Waals surface area contributed by atoms with Crippen LogP contribution in [0.15, 0.2) is 134 Å². The minimum absolute atomic E-state index is 0.608. The van der Waals surface area contributed by atoms with E-state index in [9.17, 15) is 5.26 Å². The smallest absolute Gasteiger partial charge is 0.0992 e. The summed E-state index contributed by atoms with van der Waals surface area (Å²) in [6, 6.07) is 44.4. The van der Waals surface area contributed by atoms with E-state index < -0.39 is 0 Å². The van der Waals surface area contributed by atoms with E-state index in [-0.39, 0.29) is 0 Å². The molecule has 4 nitrogen and oxygen atoms in total. The number of hydrogen-bond donors (Lipinski definition) is 0. The van der Waals surface area contributed by atoms with Crippen LogP contribution in [0, 0.1) is 11.3 Å². The normalized spacial score (nSPS) is 11.5. The van der Waals surface area contributed by atoms with Gasteiger partial charge < -0.3 is 9.13 Å². The summed E-state index contributed by atoms with van der Waals surface area (Å²) in [6.07, 6.45) is 3.79. The van der Waals surface area contributed by atoms with Crippen LogP contribution in [0.2, 0.25) is 0 Å². The van der Waals surface area contributed by atoms with Gasteiger partial charge >= 0.3 is 0 Å². The largest absolute Gasteiger partial charge is 0.309 e. The molecule has 186 valence electrons. The summed E-state index contributed by atoms with van der Waals surface area (Å²) in [6.45, 7) is 0. The molecule has 0 spiro atoms. The number of rotatable bonds is 3. The lowest BCUT2D eigenvalue weighted by atomic mass is 10.0. The molecule has 0 saturated heterocycles. The van der Waals surface area contributed by atoms with E-state index in [4.69, 9.17) is 0 Å². The molecule has 0 aliphatic heterocycles. The minimum atomic E-state index is 0.608. The van der Waals surface area contributed by atoms with Gasteiger partial charge in [0.15, 0.2) is 0 Å². The second kappa shape index (κ2) is 8.69. The first-order chi connectivity index (χ1) is 19.8. The van der Waals surface area contributed by atoms with Crippen molar-refractivity contribution in [2.45, 2.75) is 0 Å². The summed E-state index contributed by atoms with van der Waals surface area (Å²) in [4.78, 5) is 4.67. The van der Waals surface area contributed by atoms with E-state index in [1.807, 2.05) is 24.5 Å². The van der Waals surface area contributed by atoms with Crippen molar-refractivity contribution in [2.24, 2.45) is 0 Å². The lowest BCUT2D eigenvalue weighted by Gasteiger charge is -2.13. The number of aromatic nitrogens is 3. The summed E-state index contributed by atoms with van der Waals surface area (Å²) < 4.78 is 4.52. The molecule has 0 fully saturated rings. The predicted octanol–water partition coefficient (Wildman–Crippen LogP) is 8.81. The van der Waals surface area contributed by atoms with Crippen LogP contribution in [0.1, 0.15) is 5.56 Å². The van der Waals surface area contributed by atoms with Gasteiger partial charge in [-0.3, -0.25) is 4.98 Å². The van der Waals surface area contributed by atoms with Gasteiger partial charge in [-0.1, -0.05) is 72.8 Å². The predicted molar refractivity (Wildman–Crippen MR) is 163 cm³/mol. The molecule has 8 aromatic rings. The van der Waals surface area contributed by atoms with Crippen LogP contribution in [-0.2, 0) is 0 Å². The lowest BCUT2D eigenvalue weighted by Crippen LogP contribution is -1.98. The Morgan fingerprint density at radius 1 is 0.475 bits per heavy atom. The average molecular weight is 511 g/mol. The maximum Gasteiger partial charge on any atom is 0.0992 e. The molecule has 8 rings (SSSR count). The molecule has 0 aliphatic rings. The van der Waals surface area contributed by atoms with Crippen molar-refractivity contribution in [3.05, 3.63) is 139 Å². The Labute approximate surface area is 230 Å². The number of nitriles is 1. The van der Waals surface area contributed by atoms with Crippen molar-refractivity contribution in [3.8, 4) is 28.6 Å². The minimum Gasteiger partial charge on any atom is -0.309 e. The third-order valence-corrected chi connectivity index (χ3v) is 7.78. The van der Waals surface area contributed by atoms with E-state index in [0.29, 0.717) is 5.56 Å². The molecule has 4 heteroatoms. The summed E-state index contributed by atoms with van der Waals surface area (Å²) in [5.74, 6) is 0. The first-order valence-electron chi connectivity index (χ1n) is 13.3. The highest BCUT2D eigenvalue weighted by Gasteiger charge is 2.15. The van der Waals surface area contributed by atoms with Gasteiger partial charge in [0, 0.05) is 39.0 Å². The monoisotopic (exact) mass is 510 g/mol. The first-order valence-corrected chi connectivity index (χ1v) is 13.3. The number of fused-ring (bicyclic) bond motifs is 6. The molecule has 0 amide bonds. The van der Waals surface area contributed by atoms with Gasteiger partial charge in [0.25, 0.3) is 0 Å². The second-order valence-corrected chi connectivity index (χ2v) is 10.1. The molecular weight excluding hydrogens is 488 g/mol. The highest BCUT2D eigenvalue weighted by Crippen LogP contribution is 2.35. The zero-order valence-corrected chi connectivity index (χ0v) is 21.5. The van der Waals surface area contributed by atoms with Crippen LogP contribution < -0.4 is 0 Å². The van der Waals surface area contributed by atoms with Crippen LogP contribution in [0.4, 0.5) is 0 Å². The molecular formula is C36H22N4. The number of hydrogen-bond acceptors (Lipinski definition) is 2. The zero-order chi connectivity index (χ0) is 26.6. The molecule has 3 aromatic heterocycles. The Balaban J connectivity index is 1.36. The third-order valence-electron chi connectivity index (χ3n) is 7.78. The number of nitrogens with zero attached hydrogens (tertiary/aromatic N) is 4. The van der Waals surface area contributed by atoms with E-state index >= 15 is 0 Å². The summed E-state index contributed by atoms with van der Waals surface area (Å²) in [7, 11) is 0. The molecule has 0 radical (unpaired) electrons. The number of para-hydroxylation sites is 4. The van der Waals surface area contributed by atoms with Crippen molar-refractivity contribution in [1.82, 2.24) is 14.1 Å². The Morgan fingerprint density at radius 3 is 1.43 bits per heavy atom. The molecule has 0 bridgehead atoms. The summed E-state index contributed by atoms with van der Waals surface area (Å²) in [5, 5.41) is 14.8. The third kappa shape index (κ3) is 3.28. The molecule has 0 atom stereocenters. The SMILES string of the molecule is N#Cc1cc(-c2cncc(-n3c4ccccc4c4ccccc43)c2)cc(-n2c3ccccc3c3ccccc32)c1. The average Bonchev–Trinajstić information content (AvgIpc) is 3.54. The van der Waals surface area contributed by atoms with E-state index in [2.05, 4.69) is 129 Å². The second-order valence-electron chi connectivity index (χ2n) is 10.1. The van der Waals surface area contributed by atoms with Crippen LogP contribution in [0.5, 0.6) is 0 Å². The molecule has 0 saturated carbocycles. The van der Waals surface area contributed by atoms with Crippen molar-refractivity contribution >= 4 is 43.6 Å². The van der Waals surface area contributed by atoms with Gasteiger partial charge in [-0.05, 0) is 54.1 Å². The van der Waals surface area contributed by atoms with Crippen LogP contribution >= 0.6 is 0 Å². The molecule has 3 heterocycles. The maximum absolute atomic E-state index is 10.0. The van der Waals surface area contributed by atoms with E-state index in [1.54, 1.807) is 0 Å². The van der Waals surface area contributed by atoms with Crippen molar-refractivity contribution in [1.29, 1.82) is 5.26 Å². The van der Waals surface area contributed by atoms with Crippen molar-refractivity contribution < 1.29 is 0 Å². The van der Waals surface area contributed by atoms with Crippen LogP contribution in [-0.4, -0.2) is 14.1 Å². The van der Waals surface area contributed by atoms with E-state index in [1.165, 1.54) is 21.5 Å². The fourth-order valence-electron chi connectivity index (χ4n) is 6.08. The Bertz CT molecular complexity index is 2190. The van der Waals surface area contributed by atoms with Crippen molar-refractivity contribution in [3.63, 3.8) is 0 Å². The summed E-state index contributed by atoms with van der Waals surface area (Å²) >= 11 is 0. The van der Waals surface area contributed by atoms with Crippen LogP contribution in [0.3, 0.4) is 0 Å². The first kappa shape index (κ1) is 22.3. The molecule has 0 aliphatic carbocycles. The summed E-state index contributed by atoms with van der Waals surface area (Å²) in [5.41, 5.74) is 8.95. The standard InChI is InChI=1S/C36H22N4/c37-21-24-17-25(19-27(18-24)39-33-13-5-1-9-29(33)30-10-2-6-14-34(30)39)26-20-28(23-38-22-26)40-35-15-7-3-11-31(35)32-12-4-8-16-36(32)40/h1-20,22-23H. The van der Waals surface area contributed by atoms with Crippen LogP contribution in [0.25, 0.3) is 66.1 Å².